The number of fused-ring (bicyclic) bond motifs is 1. The Morgan fingerprint density at radius 2 is 1.71 bits per heavy atom. The first-order valence-corrected chi connectivity index (χ1v) is 11.0. The molecule has 0 aliphatic rings. The second-order valence-corrected chi connectivity index (χ2v) is 7.80. The first kappa shape index (κ1) is 23.0. The van der Waals surface area contributed by atoms with Crippen molar-refractivity contribution in [2.75, 3.05) is 6.54 Å². The number of hydrazine groups is 1. The van der Waals surface area contributed by atoms with Crippen LogP contribution in [0.4, 0.5) is 0 Å². The molecule has 4 rings (SSSR count). The molecule has 0 radical (unpaired) electrons. The van der Waals surface area contributed by atoms with E-state index in [1.54, 1.807) is 30.3 Å². The molecule has 2 aromatic heterocycles. The van der Waals surface area contributed by atoms with Crippen LogP contribution in [-0.4, -0.2) is 29.3 Å². The van der Waals surface area contributed by atoms with Gasteiger partial charge in [-0.2, -0.15) is 0 Å². The summed E-state index contributed by atoms with van der Waals surface area (Å²) in [6, 6.07) is 19.3. The average Bonchev–Trinajstić information content (AvgIpc) is 3.40. The van der Waals surface area contributed by atoms with Gasteiger partial charge in [0.15, 0.2) is 5.76 Å². The van der Waals surface area contributed by atoms with E-state index < -0.39 is 5.91 Å². The number of nitrogens with zero attached hydrogens (tertiary/aromatic N) is 1. The quantitative estimate of drug-likeness (QED) is 0.274. The lowest BCUT2D eigenvalue weighted by atomic mass is 10.0. The SMILES string of the molecule is O=C(CCCNC(=O)c1ccco1)NNC(=O)c1cc(-c2ccccc2Cl)nc2ccccc12. The molecule has 4 aromatic rings. The molecule has 3 amide bonds. The lowest BCUT2D eigenvalue weighted by Crippen LogP contribution is -2.42. The van der Waals surface area contributed by atoms with Crippen molar-refractivity contribution in [3.63, 3.8) is 0 Å². The van der Waals surface area contributed by atoms with Gasteiger partial charge in [0, 0.05) is 28.9 Å². The number of carbonyl (C=O) groups excluding carboxylic acids is 3. The predicted octanol–water partition coefficient (Wildman–Crippen LogP) is 4.12. The van der Waals surface area contributed by atoms with E-state index in [4.69, 9.17) is 16.0 Å². The fraction of sp³-hybridized carbons (Fsp3) is 0.120. The number of benzene rings is 2. The Morgan fingerprint density at radius 3 is 2.50 bits per heavy atom. The monoisotopic (exact) mass is 476 g/mol. The van der Waals surface area contributed by atoms with Gasteiger partial charge in [-0.25, -0.2) is 4.98 Å². The topological polar surface area (TPSA) is 113 Å². The lowest BCUT2D eigenvalue weighted by molar-refractivity contribution is -0.121. The zero-order chi connectivity index (χ0) is 23.9. The molecule has 0 saturated heterocycles. The van der Waals surface area contributed by atoms with Crippen molar-refractivity contribution < 1.29 is 18.8 Å². The van der Waals surface area contributed by atoms with Crippen LogP contribution in [0.2, 0.25) is 5.02 Å². The van der Waals surface area contributed by atoms with Crippen LogP contribution >= 0.6 is 11.6 Å². The number of hydrogen-bond acceptors (Lipinski definition) is 5. The number of aromatic nitrogens is 1. The number of rotatable bonds is 7. The maximum Gasteiger partial charge on any atom is 0.286 e. The Balaban J connectivity index is 1.38. The van der Waals surface area contributed by atoms with Gasteiger partial charge < -0.3 is 9.73 Å². The van der Waals surface area contributed by atoms with E-state index >= 15 is 0 Å². The van der Waals surface area contributed by atoms with E-state index in [0.717, 1.165) is 0 Å². The molecule has 8 nitrogen and oxygen atoms in total. The van der Waals surface area contributed by atoms with Gasteiger partial charge in [-0.15, -0.1) is 0 Å². The smallest absolute Gasteiger partial charge is 0.286 e. The van der Waals surface area contributed by atoms with Gasteiger partial charge in [0.25, 0.3) is 11.8 Å². The first-order chi connectivity index (χ1) is 16.5. The number of para-hydroxylation sites is 1. The van der Waals surface area contributed by atoms with E-state index in [1.165, 1.54) is 6.26 Å². The molecule has 2 heterocycles. The van der Waals surface area contributed by atoms with E-state index in [-0.39, 0.29) is 30.5 Å². The first-order valence-electron chi connectivity index (χ1n) is 10.6. The molecule has 0 unspecified atom stereocenters. The average molecular weight is 477 g/mol. The van der Waals surface area contributed by atoms with Crippen LogP contribution in [0.3, 0.4) is 0 Å². The van der Waals surface area contributed by atoms with Crippen LogP contribution in [-0.2, 0) is 4.79 Å². The molecule has 0 fully saturated rings. The van der Waals surface area contributed by atoms with E-state index in [0.29, 0.717) is 39.2 Å². The molecule has 172 valence electrons. The third-order valence-corrected chi connectivity index (χ3v) is 5.37. The van der Waals surface area contributed by atoms with Crippen molar-refractivity contribution in [3.8, 4) is 11.3 Å². The summed E-state index contributed by atoms with van der Waals surface area (Å²) in [5, 5.41) is 3.82. The van der Waals surface area contributed by atoms with Gasteiger partial charge in [0.2, 0.25) is 5.91 Å². The third-order valence-electron chi connectivity index (χ3n) is 5.04. The minimum atomic E-state index is -0.480. The Kier molecular flexibility index (Phi) is 7.19. The van der Waals surface area contributed by atoms with Crippen molar-refractivity contribution in [1.29, 1.82) is 0 Å². The molecule has 9 heteroatoms. The number of halogens is 1. The molecule has 0 aliphatic carbocycles. The Hall–Kier alpha value is -4.17. The van der Waals surface area contributed by atoms with Gasteiger partial charge in [-0.3, -0.25) is 25.2 Å². The highest BCUT2D eigenvalue weighted by atomic mass is 35.5. The maximum absolute atomic E-state index is 12.9. The van der Waals surface area contributed by atoms with Crippen LogP contribution in [0.1, 0.15) is 33.8 Å². The molecular formula is C25H21ClN4O4. The van der Waals surface area contributed by atoms with Crippen LogP contribution in [0.15, 0.2) is 77.4 Å². The minimum absolute atomic E-state index is 0.112. The summed E-state index contributed by atoms with van der Waals surface area (Å²) >= 11 is 6.32. The van der Waals surface area contributed by atoms with Crippen molar-refractivity contribution in [1.82, 2.24) is 21.2 Å². The number of carbonyl (C=O) groups is 3. The van der Waals surface area contributed by atoms with Crippen molar-refractivity contribution in [2.45, 2.75) is 12.8 Å². The van der Waals surface area contributed by atoms with Crippen LogP contribution in [0.5, 0.6) is 0 Å². The predicted molar refractivity (Wildman–Crippen MR) is 128 cm³/mol. The number of hydrogen-bond donors (Lipinski definition) is 3. The highest BCUT2D eigenvalue weighted by Gasteiger charge is 2.16. The van der Waals surface area contributed by atoms with Crippen molar-refractivity contribution in [2.24, 2.45) is 0 Å². The summed E-state index contributed by atoms with van der Waals surface area (Å²) in [4.78, 5) is 41.5. The largest absolute Gasteiger partial charge is 0.459 e. The molecule has 0 atom stereocenters. The molecule has 2 aromatic carbocycles. The molecular weight excluding hydrogens is 456 g/mol. The van der Waals surface area contributed by atoms with Crippen LogP contribution < -0.4 is 16.2 Å². The van der Waals surface area contributed by atoms with Crippen molar-refractivity contribution in [3.05, 3.63) is 89.3 Å². The number of amides is 3. The summed E-state index contributed by atoms with van der Waals surface area (Å²) < 4.78 is 5.00. The standard InChI is InChI=1S/C25H21ClN4O4/c26-19-9-3-1-8-17(19)21-15-18(16-7-2-4-10-20(16)28-21)24(32)30-29-23(31)12-5-13-27-25(33)22-11-6-14-34-22/h1-4,6-11,14-15H,5,12-13H2,(H,27,33)(H,29,31)(H,30,32). The van der Waals surface area contributed by atoms with E-state index in [9.17, 15) is 14.4 Å². The van der Waals surface area contributed by atoms with Gasteiger partial charge >= 0.3 is 0 Å². The van der Waals surface area contributed by atoms with Crippen molar-refractivity contribution >= 4 is 40.2 Å². The van der Waals surface area contributed by atoms with Gasteiger partial charge in [0.1, 0.15) is 0 Å². The van der Waals surface area contributed by atoms with E-state index in [1.807, 2.05) is 36.4 Å². The molecule has 0 spiro atoms. The van der Waals surface area contributed by atoms with Crippen LogP contribution in [0, 0.1) is 0 Å². The summed E-state index contributed by atoms with van der Waals surface area (Å²) in [5.41, 5.74) is 7.10. The number of pyridine rings is 1. The zero-order valence-corrected chi connectivity index (χ0v) is 18.8. The third kappa shape index (κ3) is 5.41. The van der Waals surface area contributed by atoms with Gasteiger partial charge in [-0.1, -0.05) is 48.0 Å². The van der Waals surface area contributed by atoms with Gasteiger partial charge in [0.05, 0.1) is 23.0 Å². The highest BCUT2D eigenvalue weighted by molar-refractivity contribution is 6.33. The molecule has 3 N–H and O–H groups in total. The summed E-state index contributed by atoms with van der Waals surface area (Å²) in [6.07, 6.45) is 1.91. The normalized spacial score (nSPS) is 10.6. The Bertz CT molecular complexity index is 1340. The molecule has 0 aliphatic heterocycles. The Morgan fingerprint density at radius 1 is 0.912 bits per heavy atom. The summed E-state index contributed by atoms with van der Waals surface area (Å²) in [6.45, 7) is 0.289. The zero-order valence-electron chi connectivity index (χ0n) is 18.0. The molecule has 0 bridgehead atoms. The summed E-state index contributed by atoms with van der Waals surface area (Å²) in [7, 11) is 0. The fourth-order valence-corrected chi connectivity index (χ4v) is 3.60. The lowest BCUT2D eigenvalue weighted by Gasteiger charge is -2.12. The van der Waals surface area contributed by atoms with Gasteiger partial charge in [-0.05, 0) is 36.8 Å². The highest BCUT2D eigenvalue weighted by Crippen LogP contribution is 2.29. The van der Waals surface area contributed by atoms with E-state index in [2.05, 4.69) is 21.2 Å². The summed E-state index contributed by atoms with van der Waals surface area (Å²) in [5.74, 6) is -1.01. The molecule has 0 saturated carbocycles. The number of furan rings is 1. The second-order valence-electron chi connectivity index (χ2n) is 7.39. The molecule has 34 heavy (non-hydrogen) atoms. The minimum Gasteiger partial charge on any atom is -0.459 e. The fourth-order valence-electron chi connectivity index (χ4n) is 3.37. The number of nitrogens with one attached hydrogen (secondary N) is 3. The Labute approximate surface area is 200 Å². The maximum atomic E-state index is 12.9. The van der Waals surface area contributed by atoms with Crippen LogP contribution in [0.25, 0.3) is 22.2 Å². The second kappa shape index (κ2) is 10.6.